The zero-order valence-corrected chi connectivity index (χ0v) is 16.0. The molecule has 0 radical (unpaired) electrons. The third kappa shape index (κ3) is 5.95. The third-order valence-electron chi connectivity index (χ3n) is 4.44. The molecule has 2 N–H and O–H groups in total. The van der Waals surface area contributed by atoms with Crippen LogP contribution in [0.15, 0.2) is 36.3 Å². The predicted octanol–water partition coefficient (Wildman–Crippen LogP) is 0.756. The number of hydrogen-bond acceptors (Lipinski definition) is 8. The summed E-state index contributed by atoms with van der Waals surface area (Å²) in [5.74, 6) is 0.425. The van der Waals surface area contributed by atoms with E-state index in [9.17, 15) is 19.7 Å². The molecule has 0 saturated heterocycles. The van der Waals surface area contributed by atoms with E-state index in [1.165, 1.54) is 12.1 Å². The predicted molar refractivity (Wildman–Crippen MR) is 102 cm³/mol. The van der Waals surface area contributed by atoms with E-state index >= 15 is 0 Å². The minimum Gasteiger partial charge on any atom is -0.461 e. The number of amides is 1. The summed E-state index contributed by atoms with van der Waals surface area (Å²) in [4.78, 5) is 36.5. The molecule has 0 aromatic heterocycles. The number of nitro benzene ring substituents is 1. The van der Waals surface area contributed by atoms with Crippen molar-refractivity contribution in [2.24, 2.45) is 0 Å². The topological polar surface area (TPSA) is 117 Å². The van der Waals surface area contributed by atoms with Gasteiger partial charge in [0.1, 0.15) is 18.6 Å². The molecule has 152 valence electrons. The van der Waals surface area contributed by atoms with E-state index in [4.69, 9.17) is 4.74 Å². The van der Waals surface area contributed by atoms with Crippen molar-refractivity contribution in [1.29, 1.82) is 0 Å². The van der Waals surface area contributed by atoms with Gasteiger partial charge in [0.25, 0.3) is 5.69 Å². The van der Waals surface area contributed by atoms with Crippen molar-refractivity contribution in [2.75, 3.05) is 27.2 Å². The number of rotatable bonds is 11. The maximum Gasteiger partial charge on any atom is 0.306 e. The normalized spacial score (nSPS) is 15.9. The van der Waals surface area contributed by atoms with Gasteiger partial charge in [0.15, 0.2) is 0 Å². The number of non-ortho nitro benzene ring substituents is 1. The minimum absolute atomic E-state index is 0.00367. The van der Waals surface area contributed by atoms with E-state index in [2.05, 4.69) is 10.6 Å². The molecule has 0 fully saturated rings. The Bertz CT molecular complexity index is 722. The van der Waals surface area contributed by atoms with Gasteiger partial charge < -0.3 is 25.2 Å². The largest absolute Gasteiger partial charge is 0.461 e. The molecule has 1 unspecified atom stereocenters. The molecule has 10 heteroatoms. The molecule has 0 saturated carbocycles. The number of nitro groups is 1. The lowest BCUT2D eigenvalue weighted by Gasteiger charge is -2.29. The highest BCUT2D eigenvalue weighted by atomic mass is 16.6. The lowest BCUT2D eigenvalue weighted by molar-refractivity contribution is -0.384. The van der Waals surface area contributed by atoms with Gasteiger partial charge in [0, 0.05) is 45.4 Å². The van der Waals surface area contributed by atoms with Crippen LogP contribution in [0.5, 0.6) is 0 Å². The van der Waals surface area contributed by atoms with Crippen molar-refractivity contribution < 1.29 is 19.2 Å². The van der Waals surface area contributed by atoms with Gasteiger partial charge >= 0.3 is 5.97 Å². The van der Waals surface area contributed by atoms with Crippen LogP contribution in [-0.2, 0) is 20.9 Å². The van der Waals surface area contributed by atoms with Crippen LogP contribution < -0.4 is 10.6 Å². The Morgan fingerprint density at radius 1 is 1.32 bits per heavy atom. The fourth-order valence-electron chi connectivity index (χ4n) is 2.82. The number of likely N-dealkylation sites (N-methyl/N-ethyl adjacent to an activating group) is 2. The Labute approximate surface area is 163 Å². The molecular formula is C18H25N5O5. The van der Waals surface area contributed by atoms with Crippen LogP contribution in [-0.4, -0.2) is 60.5 Å². The number of hydrogen-bond donors (Lipinski definition) is 2. The summed E-state index contributed by atoms with van der Waals surface area (Å²) < 4.78 is 5.18. The zero-order valence-electron chi connectivity index (χ0n) is 16.0. The van der Waals surface area contributed by atoms with Crippen molar-refractivity contribution in [3.8, 4) is 0 Å². The van der Waals surface area contributed by atoms with Crippen LogP contribution >= 0.6 is 0 Å². The van der Waals surface area contributed by atoms with Crippen molar-refractivity contribution in [3.05, 3.63) is 52.0 Å². The molecule has 1 aromatic carbocycles. The first kappa shape index (κ1) is 21.2. The van der Waals surface area contributed by atoms with Crippen LogP contribution in [0.3, 0.4) is 0 Å². The van der Waals surface area contributed by atoms with E-state index in [1.807, 2.05) is 30.1 Å². The monoisotopic (exact) mass is 391 g/mol. The smallest absolute Gasteiger partial charge is 0.306 e. The first-order valence-corrected chi connectivity index (χ1v) is 8.89. The first-order chi connectivity index (χ1) is 13.4. The molecule has 2 rings (SSSR count). The van der Waals surface area contributed by atoms with Gasteiger partial charge in [0.2, 0.25) is 6.41 Å². The van der Waals surface area contributed by atoms with Gasteiger partial charge in [-0.15, -0.1) is 0 Å². The molecular weight excluding hydrogens is 366 g/mol. The average Bonchev–Trinajstić information content (AvgIpc) is 2.94. The highest BCUT2D eigenvalue weighted by Crippen LogP contribution is 2.16. The highest BCUT2D eigenvalue weighted by molar-refractivity contribution is 5.69. The van der Waals surface area contributed by atoms with Crippen molar-refractivity contribution in [2.45, 2.75) is 25.6 Å². The number of esters is 1. The summed E-state index contributed by atoms with van der Waals surface area (Å²) in [7, 11) is 3.83. The SMILES string of the molecule is CN1C=C(NC=O)N(C)C1CNCCCC(=O)OCc1ccc([N+](=O)[O-])cc1. The average molecular weight is 391 g/mol. The standard InChI is InChI=1S/C18H25N5O5/c1-21-11-16(20-13-24)22(2)17(21)10-19-9-3-4-18(25)28-12-14-5-7-15(8-6-14)23(26)27/h5-8,11,13,17,19H,3-4,9-10,12H2,1-2H3,(H,20,24). The summed E-state index contributed by atoms with van der Waals surface area (Å²) in [6.07, 6.45) is 3.50. The van der Waals surface area contributed by atoms with Gasteiger partial charge in [-0.25, -0.2) is 0 Å². The Morgan fingerprint density at radius 2 is 2.04 bits per heavy atom. The molecule has 0 spiro atoms. The third-order valence-corrected chi connectivity index (χ3v) is 4.44. The summed E-state index contributed by atoms with van der Waals surface area (Å²) in [5, 5.41) is 16.5. The second-order valence-corrected chi connectivity index (χ2v) is 6.43. The Hall–Kier alpha value is -3.14. The van der Waals surface area contributed by atoms with Crippen LogP contribution in [0.25, 0.3) is 0 Å². The molecule has 1 amide bonds. The molecule has 0 bridgehead atoms. The van der Waals surface area contributed by atoms with E-state index in [0.717, 1.165) is 5.82 Å². The van der Waals surface area contributed by atoms with E-state index in [0.29, 0.717) is 31.5 Å². The number of ether oxygens (including phenoxy) is 1. The van der Waals surface area contributed by atoms with Gasteiger partial charge in [-0.2, -0.15) is 0 Å². The Morgan fingerprint density at radius 3 is 2.68 bits per heavy atom. The van der Waals surface area contributed by atoms with Crippen LogP contribution in [0, 0.1) is 10.1 Å². The lowest BCUT2D eigenvalue weighted by Crippen LogP contribution is -2.45. The van der Waals surface area contributed by atoms with E-state index in [-0.39, 0.29) is 30.9 Å². The lowest BCUT2D eigenvalue weighted by atomic mass is 10.2. The maximum atomic E-state index is 11.8. The van der Waals surface area contributed by atoms with E-state index in [1.54, 1.807) is 12.1 Å². The Balaban J connectivity index is 1.60. The summed E-state index contributed by atoms with van der Waals surface area (Å²) >= 11 is 0. The first-order valence-electron chi connectivity index (χ1n) is 8.89. The van der Waals surface area contributed by atoms with Crippen LogP contribution in [0.4, 0.5) is 5.69 Å². The molecule has 1 atom stereocenters. The number of benzene rings is 1. The van der Waals surface area contributed by atoms with Gasteiger partial charge in [0.05, 0.1) is 4.92 Å². The molecule has 0 aliphatic carbocycles. The van der Waals surface area contributed by atoms with Crippen molar-refractivity contribution in [1.82, 2.24) is 20.4 Å². The molecule has 1 heterocycles. The van der Waals surface area contributed by atoms with E-state index < -0.39 is 4.92 Å². The van der Waals surface area contributed by atoms with Gasteiger partial charge in [-0.1, -0.05) is 0 Å². The molecule has 10 nitrogen and oxygen atoms in total. The number of nitrogens with zero attached hydrogens (tertiary/aromatic N) is 3. The second-order valence-electron chi connectivity index (χ2n) is 6.43. The fourth-order valence-corrected chi connectivity index (χ4v) is 2.82. The molecule has 1 aliphatic rings. The number of nitrogens with one attached hydrogen (secondary N) is 2. The molecule has 28 heavy (non-hydrogen) atoms. The molecule has 1 aromatic rings. The summed E-state index contributed by atoms with van der Waals surface area (Å²) in [6.45, 7) is 1.42. The number of carbonyl (C=O) groups is 2. The van der Waals surface area contributed by atoms with Crippen LogP contribution in [0.2, 0.25) is 0 Å². The van der Waals surface area contributed by atoms with Crippen LogP contribution in [0.1, 0.15) is 18.4 Å². The highest BCUT2D eigenvalue weighted by Gasteiger charge is 2.26. The van der Waals surface area contributed by atoms with Crippen molar-refractivity contribution >= 4 is 18.1 Å². The maximum absolute atomic E-state index is 11.8. The zero-order chi connectivity index (χ0) is 20.5. The van der Waals surface area contributed by atoms with Crippen molar-refractivity contribution in [3.63, 3.8) is 0 Å². The minimum atomic E-state index is -0.473. The Kier molecular flexibility index (Phi) is 7.76. The summed E-state index contributed by atoms with van der Waals surface area (Å²) in [5.41, 5.74) is 0.709. The second kappa shape index (κ2) is 10.3. The number of carbonyl (C=O) groups excluding carboxylic acids is 2. The fraction of sp³-hybridized carbons (Fsp3) is 0.444. The summed E-state index contributed by atoms with van der Waals surface area (Å²) in [6, 6.07) is 5.91. The van der Waals surface area contributed by atoms with Gasteiger partial charge in [-0.05, 0) is 30.7 Å². The quantitative estimate of drug-likeness (QED) is 0.187. The molecule has 1 aliphatic heterocycles. The van der Waals surface area contributed by atoms with Gasteiger partial charge in [-0.3, -0.25) is 19.7 Å².